The Bertz CT molecular complexity index is 1390. The summed E-state index contributed by atoms with van der Waals surface area (Å²) >= 11 is 0. The van der Waals surface area contributed by atoms with Crippen molar-refractivity contribution in [1.82, 2.24) is 0 Å². The van der Waals surface area contributed by atoms with Gasteiger partial charge in [-0.15, -0.1) is 0 Å². The van der Waals surface area contributed by atoms with Crippen molar-refractivity contribution in [2.45, 2.75) is 0 Å². The summed E-state index contributed by atoms with van der Waals surface area (Å²) in [5.74, 6) is 0.791. The third-order valence-electron chi connectivity index (χ3n) is 6.38. The maximum absolute atomic E-state index is 14.6. The molecule has 0 saturated carbocycles. The summed E-state index contributed by atoms with van der Waals surface area (Å²) in [7, 11) is 1.66. The topological polar surface area (TPSA) is 26.3 Å². The van der Waals surface area contributed by atoms with Gasteiger partial charge in [-0.1, -0.05) is 133 Å². The molecule has 0 aliphatic heterocycles. The van der Waals surface area contributed by atoms with Crippen molar-refractivity contribution in [2.75, 3.05) is 7.11 Å². The van der Waals surface area contributed by atoms with E-state index < -0.39 is 6.89 Å². The molecule has 5 aromatic rings. The van der Waals surface area contributed by atoms with Crippen LogP contribution in [0.3, 0.4) is 0 Å². The Morgan fingerprint density at radius 1 is 0.500 bits per heavy atom. The van der Waals surface area contributed by atoms with Crippen LogP contribution in [-0.4, -0.2) is 18.2 Å². The molecule has 0 aromatic heterocycles. The first-order valence-corrected chi connectivity index (χ1v) is 13.7. The number of ketones is 1. The minimum Gasteiger partial charge on any atom is -0.497 e. The first-order valence-electron chi connectivity index (χ1n) is 11.9. The van der Waals surface area contributed by atoms with Gasteiger partial charge in [-0.05, 0) is 40.5 Å². The van der Waals surface area contributed by atoms with Crippen LogP contribution in [0.5, 0.6) is 5.75 Å². The molecule has 2 nitrogen and oxygen atoms in total. The maximum atomic E-state index is 14.6. The zero-order valence-electron chi connectivity index (χ0n) is 20.1. The third-order valence-corrected chi connectivity index (χ3v) is 10.7. The second-order valence-corrected chi connectivity index (χ2v) is 11.8. The summed E-state index contributed by atoms with van der Waals surface area (Å²) < 4.78 is 5.45. The fourth-order valence-electron chi connectivity index (χ4n) is 4.74. The fourth-order valence-corrected chi connectivity index (χ4v) is 9.24. The lowest BCUT2D eigenvalue weighted by Crippen LogP contribution is -2.34. The molecule has 0 bridgehead atoms. The molecule has 0 atom stereocenters. The highest BCUT2D eigenvalue weighted by Gasteiger charge is 2.34. The van der Waals surface area contributed by atoms with Gasteiger partial charge in [-0.3, -0.25) is 4.79 Å². The first kappa shape index (κ1) is 23.6. The number of hydrogen-bond donors (Lipinski definition) is 0. The lowest BCUT2D eigenvalue weighted by molar-refractivity contribution is 0.106. The van der Waals surface area contributed by atoms with Crippen molar-refractivity contribution in [3.8, 4) is 5.75 Å². The fraction of sp³-hybridized carbons (Fsp3) is 0.0303. The van der Waals surface area contributed by atoms with Gasteiger partial charge in [0.25, 0.3) is 0 Å². The molecule has 0 radical (unpaired) electrons. The minimum absolute atomic E-state index is 0.0330. The summed E-state index contributed by atoms with van der Waals surface area (Å²) in [6, 6.07) is 48.9. The predicted octanol–water partition coefficient (Wildman–Crippen LogP) is 6.09. The van der Waals surface area contributed by atoms with Crippen molar-refractivity contribution < 1.29 is 9.53 Å². The second kappa shape index (κ2) is 10.6. The van der Waals surface area contributed by atoms with Gasteiger partial charge in [0.15, 0.2) is 5.78 Å². The summed E-state index contributed by atoms with van der Waals surface area (Å²) in [4.78, 5) is 14.6. The van der Waals surface area contributed by atoms with Crippen LogP contribution < -0.4 is 20.7 Å². The van der Waals surface area contributed by atoms with Crippen molar-refractivity contribution in [1.29, 1.82) is 0 Å². The van der Waals surface area contributed by atoms with E-state index in [0.717, 1.165) is 32.5 Å². The zero-order valence-corrected chi connectivity index (χ0v) is 21.0. The molecule has 5 aromatic carbocycles. The van der Waals surface area contributed by atoms with Crippen molar-refractivity contribution in [2.24, 2.45) is 0 Å². The standard InChI is InChI=1S/C33H27O2P/c1-35-28-24-22-27(23-25-28)33(32(34)26-14-6-2-7-15-26)36(29-16-8-3-9-17-29,30-18-10-4-11-19-30)31-20-12-5-13-21-31/h2-25H,1H3. The summed E-state index contributed by atoms with van der Waals surface area (Å²) in [6.45, 7) is -2.60. The molecule has 0 aliphatic rings. The van der Waals surface area contributed by atoms with Crippen LogP contribution >= 0.6 is 6.89 Å². The molecule has 5 rings (SSSR count). The van der Waals surface area contributed by atoms with E-state index in [1.54, 1.807) is 7.11 Å². The highest BCUT2D eigenvalue weighted by Crippen LogP contribution is 2.48. The van der Waals surface area contributed by atoms with Crippen molar-refractivity contribution >= 4 is 33.9 Å². The number of carbonyl (C=O) groups is 1. The SMILES string of the molecule is COc1ccc(C(C(=O)c2ccccc2)=P(c2ccccc2)(c2ccccc2)c2ccccc2)cc1. The monoisotopic (exact) mass is 486 g/mol. The van der Waals surface area contributed by atoms with Crippen molar-refractivity contribution in [3.63, 3.8) is 0 Å². The van der Waals surface area contributed by atoms with Gasteiger partial charge in [0.1, 0.15) is 5.75 Å². The van der Waals surface area contributed by atoms with E-state index in [9.17, 15) is 4.79 Å². The van der Waals surface area contributed by atoms with Gasteiger partial charge >= 0.3 is 0 Å². The van der Waals surface area contributed by atoms with E-state index in [2.05, 4.69) is 72.8 Å². The number of hydrogen-bond acceptors (Lipinski definition) is 2. The highest BCUT2D eigenvalue weighted by atomic mass is 31.2. The number of Topliss-reactive ketones (excluding diaryl/α,β-unsaturated/α-hetero) is 1. The van der Waals surface area contributed by atoms with Gasteiger partial charge in [-0.2, -0.15) is 0 Å². The van der Waals surface area contributed by atoms with Crippen LogP contribution in [0.1, 0.15) is 15.9 Å². The number of methoxy groups -OCH3 is 1. The van der Waals surface area contributed by atoms with Crippen LogP contribution in [0.2, 0.25) is 0 Å². The second-order valence-electron chi connectivity index (χ2n) is 8.45. The molecule has 0 heterocycles. The molecular formula is C33H27O2P. The largest absolute Gasteiger partial charge is 0.497 e. The molecule has 0 amide bonds. The average Bonchev–Trinajstić information content (AvgIpc) is 2.97. The Hall–Kier alpha value is -4.13. The summed E-state index contributed by atoms with van der Waals surface area (Å²) in [6.07, 6.45) is 0. The van der Waals surface area contributed by atoms with Crippen LogP contribution in [0.4, 0.5) is 0 Å². The van der Waals surface area contributed by atoms with Crippen LogP contribution in [0, 0.1) is 0 Å². The Kier molecular flexibility index (Phi) is 6.98. The summed E-state index contributed by atoms with van der Waals surface area (Å²) in [5.41, 5.74) is 1.57. The third kappa shape index (κ3) is 4.33. The minimum atomic E-state index is -2.60. The molecule has 3 heteroatoms. The number of ether oxygens (including phenoxy) is 1. The lowest BCUT2D eigenvalue weighted by atomic mass is 10.0. The van der Waals surface area contributed by atoms with Gasteiger partial charge in [0, 0.05) is 10.9 Å². The smallest absolute Gasteiger partial charge is 0.194 e. The number of rotatable bonds is 7. The van der Waals surface area contributed by atoms with Crippen LogP contribution in [-0.2, 0) is 0 Å². The normalized spacial score (nSPS) is 11.0. The van der Waals surface area contributed by atoms with E-state index in [1.807, 2.05) is 72.8 Å². The van der Waals surface area contributed by atoms with Gasteiger partial charge in [-0.25, -0.2) is 0 Å². The number of carbonyl (C=O) groups excluding carboxylic acids is 1. The van der Waals surface area contributed by atoms with E-state index in [1.165, 1.54) is 0 Å². The van der Waals surface area contributed by atoms with Crippen LogP contribution in [0.25, 0.3) is 0 Å². The number of benzene rings is 5. The average molecular weight is 487 g/mol. The molecule has 176 valence electrons. The molecule has 0 aliphatic carbocycles. The van der Waals surface area contributed by atoms with Gasteiger partial charge in [0.2, 0.25) is 0 Å². The predicted molar refractivity (Wildman–Crippen MR) is 153 cm³/mol. The summed E-state index contributed by atoms with van der Waals surface area (Å²) in [5, 5.41) is 4.22. The van der Waals surface area contributed by atoms with E-state index >= 15 is 0 Å². The van der Waals surface area contributed by atoms with E-state index in [-0.39, 0.29) is 5.78 Å². The molecule has 0 saturated heterocycles. The molecule has 0 N–H and O–H groups in total. The first-order chi connectivity index (χ1) is 17.7. The Morgan fingerprint density at radius 3 is 1.28 bits per heavy atom. The lowest BCUT2D eigenvalue weighted by Gasteiger charge is -2.32. The molecule has 0 spiro atoms. The molecule has 0 fully saturated rings. The molecule has 36 heavy (non-hydrogen) atoms. The quantitative estimate of drug-likeness (QED) is 0.206. The van der Waals surface area contributed by atoms with E-state index in [4.69, 9.17) is 4.74 Å². The molecular weight excluding hydrogens is 459 g/mol. The van der Waals surface area contributed by atoms with Gasteiger partial charge < -0.3 is 4.74 Å². The zero-order chi connectivity index (χ0) is 24.8. The Morgan fingerprint density at radius 2 is 0.889 bits per heavy atom. The van der Waals surface area contributed by atoms with Gasteiger partial charge in [0.05, 0.1) is 7.11 Å². The Balaban J connectivity index is 2.03. The van der Waals surface area contributed by atoms with Crippen molar-refractivity contribution in [3.05, 3.63) is 157 Å². The highest BCUT2D eigenvalue weighted by molar-refractivity contribution is 7.97. The maximum Gasteiger partial charge on any atom is 0.194 e. The molecule has 0 unspecified atom stereocenters. The van der Waals surface area contributed by atoms with Crippen LogP contribution in [0.15, 0.2) is 146 Å². The Labute approximate surface area is 212 Å². The van der Waals surface area contributed by atoms with E-state index in [0.29, 0.717) is 5.56 Å².